The first kappa shape index (κ1) is 10.1. The highest BCUT2D eigenvalue weighted by Gasteiger charge is 2.21. The zero-order chi connectivity index (χ0) is 9.84. The minimum absolute atomic E-state index is 0.265. The molecule has 0 aliphatic rings. The fraction of sp³-hybridized carbons (Fsp3) is 0.429. The van der Waals surface area contributed by atoms with Crippen molar-refractivity contribution in [2.24, 2.45) is 5.73 Å². The molecule has 5 nitrogen and oxygen atoms in total. The summed E-state index contributed by atoms with van der Waals surface area (Å²) in [5.74, 6) is -0.651. The maximum Gasteiger partial charge on any atom is 0.220 e. The van der Waals surface area contributed by atoms with Gasteiger partial charge in [0.05, 0.1) is 23.7 Å². The van der Waals surface area contributed by atoms with E-state index in [0.29, 0.717) is 5.69 Å². The first-order chi connectivity index (χ1) is 6.11. The van der Waals surface area contributed by atoms with Crippen molar-refractivity contribution in [3.05, 3.63) is 16.6 Å². The van der Waals surface area contributed by atoms with Crippen molar-refractivity contribution >= 4 is 17.2 Å². The number of aromatic nitrogens is 1. The quantitative estimate of drug-likeness (QED) is 0.608. The second kappa shape index (κ2) is 4.31. The van der Waals surface area contributed by atoms with Gasteiger partial charge in [-0.15, -0.1) is 11.3 Å². The molecular weight excluding hydrogens is 192 g/mol. The van der Waals surface area contributed by atoms with Crippen molar-refractivity contribution < 1.29 is 15.0 Å². The predicted octanol–water partition coefficient (Wildman–Crippen LogP) is -0.587. The fourth-order valence-corrected chi connectivity index (χ4v) is 1.47. The van der Waals surface area contributed by atoms with Crippen LogP contribution in [0.5, 0.6) is 0 Å². The lowest BCUT2D eigenvalue weighted by Gasteiger charge is -2.13. The fourth-order valence-electron chi connectivity index (χ4n) is 0.883. The molecule has 13 heavy (non-hydrogen) atoms. The third kappa shape index (κ3) is 2.76. The molecule has 1 aromatic rings. The van der Waals surface area contributed by atoms with Gasteiger partial charge in [-0.3, -0.25) is 4.79 Å². The van der Waals surface area contributed by atoms with Crippen molar-refractivity contribution in [3.63, 3.8) is 0 Å². The number of hydrogen-bond donors (Lipinski definition) is 3. The highest BCUT2D eigenvalue weighted by Crippen LogP contribution is 2.18. The van der Waals surface area contributed by atoms with Crippen molar-refractivity contribution in [3.8, 4) is 0 Å². The summed E-state index contributed by atoms with van der Waals surface area (Å²) in [6.45, 7) is 0. The van der Waals surface area contributed by atoms with Crippen LogP contribution in [0.15, 0.2) is 10.9 Å². The molecule has 0 aliphatic carbocycles. The number of carbonyl (C=O) groups excluding carboxylic acids is 1. The van der Waals surface area contributed by atoms with Crippen LogP contribution in [0.2, 0.25) is 0 Å². The summed E-state index contributed by atoms with van der Waals surface area (Å²) in [5, 5.41) is 20.3. The molecule has 72 valence electrons. The third-order valence-electron chi connectivity index (χ3n) is 1.53. The van der Waals surface area contributed by atoms with E-state index in [1.807, 2.05) is 0 Å². The van der Waals surface area contributed by atoms with Crippen LogP contribution in [0, 0.1) is 0 Å². The van der Waals surface area contributed by atoms with Crippen LogP contribution < -0.4 is 5.73 Å². The van der Waals surface area contributed by atoms with Gasteiger partial charge < -0.3 is 15.9 Å². The third-order valence-corrected chi connectivity index (χ3v) is 2.13. The molecule has 0 saturated carbocycles. The number of primary amides is 1. The van der Waals surface area contributed by atoms with Crippen LogP contribution in [0.3, 0.4) is 0 Å². The largest absolute Gasteiger partial charge is 0.389 e. The van der Waals surface area contributed by atoms with Gasteiger partial charge in [0.1, 0.15) is 6.10 Å². The van der Waals surface area contributed by atoms with E-state index in [0.717, 1.165) is 0 Å². The molecule has 0 spiro atoms. The van der Waals surface area contributed by atoms with Crippen LogP contribution in [0.4, 0.5) is 0 Å². The summed E-state index contributed by atoms with van der Waals surface area (Å²) in [5.41, 5.74) is 6.75. The molecule has 1 amide bonds. The molecular formula is C7H10N2O3S. The Morgan fingerprint density at radius 2 is 2.38 bits per heavy atom. The Labute approximate surface area is 78.8 Å². The first-order valence-electron chi connectivity index (χ1n) is 3.63. The molecule has 1 heterocycles. The number of aliphatic hydroxyl groups excluding tert-OH is 2. The van der Waals surface area contributed by atoms with Gasteiger partial charge in [0.25, 0.3) is 0 Å². The molecule has 1 aromatic heterocycles. The van der Waals surface area contributed by atoms with Crippen LogP contribution >= 0.6 is 11.3 Å². The first-order valence-corrected chi connectivity index (χ1v) is 4.58. The highest BCUT2D eigenvalue weighted by atomic mass is 32.1. The monoisotopic (exact) mass is 202 g/mol. The van der Waals surface area contributed by atoms with Crippen molar-refractivity contribution in [1.29, 1.82) is 0 Å². The molecule has 0 aromatic carbocycles. The number of nitrogens with zero attached hydrogens (tertiary/aromatic N) is 1. The molecule has 2 unspecified atom stereocenters. The normalized spacial score (nSPS) is 15.2. The van der Waals surface area contributed by atoms with E-state index in [1.54, 1.807) is 5.38 Å². The Morgan fingerprint density at radius 1 is 1.69 bits per heavy atom. The van der Waals surface area contributed by atoms with Crippen molar-refractivity contribution in [2.45, 2.75) is 18.6 Å². The van der Waals surface area contributed by atoms with Gasteiger partial charge in [-0.05, 0) is 0 Å². The maximum absolute atomic E-state index is 10.4. The Balaban J connectivity index is 2.57. The molecule has 6 heteroatoms. The smallest absolute Gasteiger partial charge is 0.220 e. The molecule has 0 radical (unpaired) electrons. The minimum Gasteiger partial charge on any atom is -0.389 e. The van der Waals surface area contributed by atoms with E-state index in [-0.39, 0.29) is 6.42 Å². The summed E-state index contributed by atoms with van der Waals surface area (Å²) in [7, 11) is 0. The van der Waals surface area contributed by atoms with Crippen LogP contribution in [-0.4, -0.2) is 27.2 Å². The Bertz CT molecular complexity index is 275. The summed E-state index contributed by atoms with van der Waals surface area (Å²) in [6.07, 6.45) is -2.59. The summed E-state index contributed by atoms with van der Waals surface area (Å²) in [6, 6.07) is 0. The van der Waals surface area contributed by atoms with Crippen molar-refractivity contribution in [1.82, 2.24) is 4.98 Å². The average molecular weight is 202 g/mol. The van der Waals surface area contributed by atoms with Gasteiger partial charge in [0.15, 0.2) is 0 Å². The number of amides is 1. The molecule has 1 rings (SSSR count). The zero-order valence-electron chi connectivity index (χ0n) is 6.75. The van der Waals surface area contributed by atoms with E-state index in [1.165, 1.54) is 16.8 Å². The van der Waals surface area contributed by atoms with Crippen LogP contribution in [-0.2, 0) is 4.79 Å². The molecule has 0 saturated heterocycles. The SMILES string of the molecule is NC(=O)CC(O)C(O)c1cscn1. The topological polar surface area (TPSA) is 96.4 Å². The summed E-state index contributed by atoms with van der Waals surface area (Å²) < 4.78 is 0. The van der Waals surface area contributed by atoms with Crippen molar-refractivity contribution in [2.75, 3.05) is 0 Å². The van der Waals surface area contributed by atoms with Crippen LogP contribution in [0.25, 0.3) is 0 Å². The van der Waals surface area contributed by atoms with E-state index >= 15 is 0 Å². The lowest BCUT2D eigenvalue weighted by molar-refractivity contribution is -0.121. The number of carbonyl (C=O) groups is 1. The van der Waals surface area contributed by atoms with Crippen LogP contribution in [0.1, 0.15) is 18.2 Å². The Morgan fingerprint density at radius 3 is 2.85 bits per heavy atom. The molecule has 2 atom stereocenters. The van der Waals surface area contributed by atoms with Gasteiger partial charge in [-0.1, -0.05) is 0 Å². The summed E-state index contributed by atoms with van der Waals surface area (Å²) >= 11 is 1.31. The zero-order valence-corrected chi connectivity index (χ0v) is 7.57. The minimum atomic E-state index is -1.18. The highest BCUT2D eigenvalue weighted by molar-refractivity contribution is 7.07. The molecule has 0 aliphatic heterocycles. The van der Waals surface area contributed by atoms with Gasteiger partial charge in [-0.25, -0.2) is 4.98 Å². The van der Waals surface area contributed by atoms with E-state index < -0.39 is 18.1 Å². The second-order valence-corrected chi connectivity index (χ2v) is 3.31. The number of thiazole rings is 1. The average Bonchev–Trinajstić information content (AvgIpc) is 2.53. The Hall–Kier alpha value is -0.980. The standard InChI is InChI=1S/C7H10N2O3S/c8-6(11)1-5(10)7(12)4-2-13-3-9-4/h2-3,5,7,10,12H,1H2,(H2,8,11). The lowest BCUT2D eigenvalue weighted by Crippen LogP contribution is -2.25. The van der Waals surface area contributed by atoms with Gasteiger partial charge in [0.2, 0.25) is 5.91 Å². The second-order valence-electron chi connectivity index (χ2n) is 2.60. The number of rotatable bonds is 4. The number of nitrogens with two attached hydrogens (primary N) is 1. The predicted molar refractivity (Wildman–Crippen MR) is 46.9 cm³/mol. The van der Waals surface area contributed by atoms with Gasteiger partial charge in [-0.2, -0.15) is 0 Å². The van der Waals surface area contributed by atoms with Gasteiger partial charge >= 0.3 is 0 Å². The lowest BCUT2D eigenvalue weighted by atomic mass is 10.1. The molecule has 4 N–H and O–H groups in total. The van der Waals surface area contributed by atoms with E-state index in [2.05, 4.69) is 4.98 Å². The van der Waals surface area contributed by atoms with E-state index in [9.17, 15) is 15.0 Å². The molecule has 0 fully saturated rings. The summed E-state index contributed by atoms with van der Waals surface area (Å²) in [4.78, 5) is 14.2. The molecule has 0 bridgehead atoms. The Kier molecular flexibility index (Phi) is 3.35. The maximum atomic E-state index is 10.4. The number of hydrogen-bond acceptors (Lipinski definition) is 5. The van der Waals surface area contributed by atoms with E-state index in [4.69, 9.17) is 5.73 Å². The number of aliphatic hydroxyl groups is 2. The van der Waals surface area contributed by atoms with Gasteiger partial charge in [0, 0.05) is 5.38 Å².